The van der Waals surface area contributed by atoms with Crippen molar-refractivity contribution in [2.24, 2.45) is 0 Å². The summed E-state index contributed by atoms with van der Waals surface area (Å²) >= 11 is 0. The molecular formula is C21H22N4O2. The summed E-state index contributed by atoms with van der Waals surface area (Å²) < 4.78 is 0. The maximum atomic E-state index is 12.6. The first-order valence-corrected chi connectivity index (χ1v) is 8.99. The summed E-state index contributed by atoms with van der Waals surface area (Å²) in [6, 6.07) is 15.9. The number of piperazine rings is 1. The highest BCUT2D eigenvalue weighted by Crippen LogP contribution is 2.21. The fourth-order valence-electron chi connectivity index (χ4n) is 3.09. The number of nitriles is 1. The van der Waals surface area contributed by atoms with Crippen LogP contribution in [0, 0.1) is 11.3 Å². The highest BCUT2D eigenvalue weighted by molar-refractivity contribution is 6.04. The normalized spacial score (nSPS) is 14.9. The molecule has 6 nitrogen and oxygen atoms in total. The molecule has 1 heterocycles. The molecule has 1 fully saturated rings. The van der Waals surface area contributed by atoms with Gasteiger partial charge in [-0.2, -0.15) is 5.26 Å². The van der Waals surface area contributed by atoms with Crippen LogP contribution in [-0.4, -0.2) is 42.9 Å². The van der Waals surface area contributed by atoms with Gasteiger partial charge in [0.25, 0.3) is 5.91 Å². The van der Waals surface area contributed by atoms with E-state index < -0.39 is 0 Å². The molecule has 0 aromatic heterocycles. The lowest BCUT2D eigenvalue weighted by atomic mass is 9.99. The number of rotatable bonds is 4. The van der Waals surface area contributed by atoms with Crippen molar-refractivity contribution in [3.63, 3.8) is 0 Å². The third kappa shape index (κ3) is 4.52. The standard InChI is InChI=1S/C21H22N4O2/c1-15(21(27)25-11-9-23-10-12-25)17-5-7-19(8-6-17)24-20(26)18-4-2-3-16(13-18)14-22/h2-8,13,15,23H,9-12H2,1H3,(H,24,26). The van der Waals surface area contributed by atoms with Crippen molar-refractivity contribution in [1.82, 2.24) is 10.2 Å². The van der Waals surface area contributed by atoms with Gasteiger partial charge in [0.1, 0.15) is 0 Å². The molecule has 0 saturated carbocycles. The summed E-state index contributed by atoms with van der Waals surface area (Å²) in [5.41, 5.74) is 2.44. The van der Waals surface area contributed by atoms with Crippen LogP contribution in [0.2, 0.25) is 0 Å². The van der Waals surface area contributed by atoms with Crippen LogP contribution in [0.25, 0.3) is 0 Å². The minimum Gasteiger partial charge on any atom is -0.340 e. The Labute approximate surface area is 158 Å². The lowest BCUT2D eigenvalue weighted by Gasteiger charge is -2.30. The zero-order valence-electron chi connectivity index (χ0n) is 15.2. The smallest absolute Gasteiger partial charge is 0.255 e. The second kappa shape index (κ2) is 8.47. The maximum absolute atomic E-state index is 12.6. The molecule has 27 heavy (non-hydrogen) atoms. The van der Waals surface area contributed by atoms with E-state index >= 15 is 0 Å². The Morgan fingerprint density at radius 1 is 1.15 bits per heavy atom. The van der Waals surface area contributed by atoms with Crippen molar-refractivity contribution in [2.45, 2.75) is 12.8 Å². The van der Waals surface area contributed by atoms with E-state index in [-0.39, 0.29) is 17.7 Å². The third-order valence-electron chi connectivity index (χ3n) is 4.72. The first-order chi connectivity index (χ1) is 13.1. The summed E-state index contributed by atoms with van der Waals surface area (Å²) in [5, 5.41) is 15.0. The SMILES string of the molecule is CC(C(=O)N1CCNCC1)c1ccc(NC(=O)c2cccc(C#N)c2)cc1. The minimum atomic E-state index is -0.273. The van der Waals surface area contributed by atoms with Crippen LogP contribution in [0.5, 0.6) is 0 Å². The first kappa shape index (κ1) is 18.6. The largest absolute Gasteiger partial charge is 0.340 e. The van der Waals surface area contributed by atoms with Crippen molar-refractivity contribution in [3.8, 4) is 6.07 Å². The van der Waals surface area contributed by atoms with Gasteiger partial charge in [-0.15, -0.1) is 0 Å². The summed E-state index contributed by atoms with van der Waals surface area (Å²) in [6.45, 7) is 5.04. The number of carbonyl (C=O) groups is 2. The Kier molecular flexibility index (Phi) is 5.84. The van der Waals surface area contributed by atoms with Gasteiger partial charge in [0.2, 0.25) is 5.91 Å². The molecule has 1 atom stereocenters. The van der Waals surface area contributed by atoms with Gasteiger partial charge in [0.05, 0.1) is 17.6 Å². The number of amides is 2. The molecule has 0 aliphatic carbocycles. The van der Waals surface area contributed by atoms with Gasteiger partial charge in [-0.25, -0.2) is 0 Å². The van der Waals surface area contributed by atoms with Gasteiger partial charge in [0.15, 0.2) is 0 Å². The van der Waals surface area contributed by atoms with Crippen molar-refractivity contribution >= 4 is 17.5 Å². The van der Waals surface area contributed by atoms with Gasteiger partial charge in [-0.05, 0) is 42.8 Å². The number of hydrogen-bond acceptors (Lipinski definition) is 4. The molecule has 1 unspecified atom stereocenters. The monoisotopic (exact) mass is 362 g/mol. The van der Waals surface area contributed by atoms with Gasteiger partial charge in [-0.3, -0.25) is 9.59 Å². The van der Waals surface area contributed by atoms with E-state index in [9.17, 15) is 9.59 Å². The molecule has 3 rings (SSSR count). The highest BCUT2D eigenvalue weighted by Gasteiger charge is 2.23. The minimum absolute atomic E-state index is 0.126. The van der Waals surface area contributed by atoms with Crippen LogP contribution < -0.4 is 10.6 Å². The zero-order valence-corrected chi connectivity index (χ0v) is 15.2. The average Bonchev–Trinajstić information content (AvgIpc) is 2.74. The molecule has 2 aromatic carbocycles. The predicted octanol–water partition coefficient (Wildman–Crippen LogP) is 2.35. The first-order valence-electron chi connectivity index (χ1n) is 8.99. The number of benzene rings is 2. The molecule has 2 aromatic rings. The third-order valence-corrected chi connectivity index (χ3v) is 4.72. The predicted molar refractivity (Wildman–Crippen MR) is 103 cm³/mol. The van der Waals surface area contributed by atoms with Crippen LogP contribution in [0.4, 0.5) is 5.69 Å². The van der Waals surface area contributed by atoms with E-state index in [4.69, 9.17) is 5.26 Å². The number of nitrogens with zero attached hydrogens (tertiary/aromatic N) is 2. The summed E-state index contributed by atoms with van der Waals surface area (Å²) in [7, 11) is 0. The van der Waals surface area contributed by atoms with E-state index in [1.807, 2.05) is 30.0 Å². The van der Waals surface area contributed by atoms with E-state index in [2.05, 4.69) is 10.6 Å². The van der Waals surface area contributed by atoms with Crippen LogP contribution in [-0.2, 0) is 4.79 Å². The molecular weight excluding hydrogens is 340 g/mol. The molecule has 1 aliphatic heterocycles. The number of anilines is 1. The molecule has 6 heteroatoms. The lowest BCUT2D eigenvalue weighted by molar-refractivity contribution is -0.133. The summed E-state index contributed by atoms with van der Waals surface area (Å²) in [4.78, 5) is 26.8. The molecule has 0 radical (unpaired) electrons. The van der Waals surface area contributed by atoms with Crippen molar-refractivity contribution < 1.29 is 9.59 Å². The van der Waals surface area contributed by atoms with Gasteiger partial charge < -0.3 is 15.5 Å². The fraction of sp³-hybridized carbons (Fsp3) is 0.286. The molecule has 0 bridgehead atoms. The van der Waals surface area contributed by atoms with Gasteiger partial charge >= 0.3 is 0 Å². The van der Waals surface area contributed by atoms with Crippen molar-refractivity contribution in [1.29, 1.82) is 5.26 Å². The van der Waals surface area contributed by atoms with E-state index in [0.717, 1.165) is 31.7 Å². The Morgan fingerprint density at radius 3 is 2.52 bits per heavy atom. The van der Waals surface area contributed by atoms with Crippen molar-refractivity contribution in [3.05, 3.63) is 65.2 Å². The van der Waals surface area contributed by atoms with E-state index in [0.29, 0.717) is 16.8 Å². The maximum Gasteiger partial charge on any atom is 0.255 e. The number of nitrogens with one attached hydrogen (secondary N) is 2. The Morgan fingerprint density at radius 2 is 1.85 bits per heavy atom. The average molecular weight is 362 g/mol. The second-order valence-electron chi connectivity index (χ2n) is 6.57. The Hall–Kier alpha value is -3.17. The molecule has 0 spiro atoms. The van der Waals surface area contributed by atoms with E-state index in [1.54, 1.807) is 36.4 Å². The number of carbonyl (C=O) groups excluding carboxylic acids is 2. The zero-order chi connectivity index (χ0) is 19.2. The van der Waals surface area contributed by atoms with Crippen LogP contribution in [0.1, 0.15) is 34.3 Å². The van der Waals surface area contributed by atoms with Crippen molar-refractivity contribution in [2.75, 3.05) is 31.5 Å². The van der Waals surface area contributed by atoms with Gasteiger partial charge in [-0.1, -0.05) is 18.2 Å². The van der Waals surface area contributed by atoms with Crippen LogP contribution in [0.15, 0.2) is 48.5 Å². The van der Waals surface area contributed by atoms with Gasteiger partial charge in [0, 0.05) is 37.4 Å². The summed E-state index contributed by atoms with van der Waals surface area (Å²) in [6.07, 6.45) is 0. The molecule has 1 aliphatic rings. The van der Waals surface area contributed by atoms with Crippen LogP contribution >= 0.6 is 0 Å². The molecule has 2 amide bonds. The molecule has 2 N–H and O–H groups in total. The summed E-state index contributed by atoms with van der Waals surface area (Å²) in [5.74, 6) is -0.369. The quantitative estimate of drug-likeness (QED) is 0.874. The second-order valence-corrected chi connectivity index (χ2v) is 6.57. The van der Waals surface area contributed by atoms with E-state index in [1.165, 1.54) is 0 Å². The highest BCUT2D eigenvalue weighted by atomic mass is 16.2. The topological polar surface area (TPSA) is 85.2 Å². The Balaban J connectivity index is 1.65. The molecule has 1 saturated heterocycles. The fourth-order valence-corrected chi connectivity index (χ4v) is 3.09. The Bertz CT molecular complexity index is 864. The lowest BCUT2D eigenvalue weighted by Crippen LogP contribution is -2.47. The number of hydrogen-bond donors (Lipinski definition) is 2. The molecule has 138 valence electrons. The van der Waals surface area contributed by atoms with Crippen LogP contribution in [0.3, 0.4) is 0 Å².